The standard InChI is InChI=1S/C18H24N2O3/c1-5-19-16(21)10-20(6-2)17(22)9-14-11-23-18-13(4)12(3)7-8-15(14)18/h7-8,11H,5-6,9-10H2,1-4H3,(H,19,21). The van der Waals surface area contributed by atoms with Gasteiger partial charge in [0.15, 0.2) is 0 Å². The van der Waals surface area contributed by atoms with Gasteiger partial charge in [-0.1, -0.05) is 12.1 Å². The molecule has 0 saturated carbocycles. The number of benzene rings is 1. The number of aryl methyl sites for hydroxylation is 2. The number of furan rings is 1. The number of carbonyl (C=O) groups is 2. The number of amides is 2. The number of carbonyl (C=O) groups excluding carboxylic acids is 2. The van der Waals surface area contributed by atoms with Crippen LogP contribution in [0.15, 0.2) is 22.8 Å². The van der Waals surface area contributed by atoms with E-state index in [-0.39, 0.29) is 24.8 Å². The normalized spacial score (nSPS) is 10.8. The summed E-state index contributed by atoms with van der Waals surface area (Å²) >= 11 is 0. The summed E-state index contributed by atoms with van der Waals surface area (Å²) in [5.74, 6) is -0.203. The molecule has 5 nitrogen and oxygen atoms in total. The van der Waals surface area contributed by atoms with E-state index in [1.165, 1.54) is 0 Å². The van der Waals surface area contributed by atoms with Gasteiger partial charge in [0.2, 0.25) is 11.8 Å². The van der Waals surface area contributed by atoms with Gasteiger partial charge in [-0.25, -0.2) is 0 Å². The predicted molar refractivity (Wildman–Crippen MR) is 90.3 cm³/mol. The molecule has 124 valence electrons. The molecule has 0 aliphatic carbocycles. The summed E-state index contributed by atoms with van der Waals surface area (Å²) < 4.78 is 5.64. The van der Waals surface area contributed by atoms with Crippen molar-refractivity contribution in [1.29, 1.82) is 0 Å². The number of nitrogens with zero attached hydrogens (tertiary/aromatic N) is 1. The molecule has 0 unspecified atom stereocenters. The van der Waals surface area contributed by atoms with Crippen LogP contribution >= 0.6 is 0 Å². The first-order valence-electron chi connectivity index (χ1n) is 7.98. The topological polar surface area (TPSA) is 62.6 Å². The zero-order valence-corrected chi connectivity index (χ0v) is 14.2. The zero-order chi connectivity index (χ0) is 17.0. The molecule has 2 aromatic rings. The Kier molecular flexibility index (Phi) is 5.42. The Morgan fingerprint density at radius 1 is 1.22 bits per heavy atom. The highest BCUT2D eigenvalue weighted by atomic mass is 16.3. The molecule has 0 spiro atoms. The Morgan fingerprint density at radius 3 is 2.61 bits per heavy atom. The van der Waals surface area contributed by atoms with Crippen LogP contribution in [0.2, 0.25) is 0 Å². The fraction of sp³-hybridized carbons (Fsp3) is 0.444. The van der Waals surface area contributed by atoms with Crippen molar-refractivity contribution in [1.82, 2.24) is 10.2 Å². The van der Waals surface area contributed by atoms with Gasteiger partial charge in [0.1, 0.15) is 5.58 Å². The summed E-state index contributed by atoms with van der Waals surface area (Å²) in [5, 5.41) is 3.68. The quantitative estimate of drug-likeness (QED) is 0.891. The first kappa shape index (κ1) is 17.1. The van der Waals surface area contributed by atoms with E-state index in [1.54, 1.807) is 11.2 Å². The molecular formula is C18H24N2O3. The largest absolute Gasteiger partial charge is 0.464 e. The molecule has 0 atom stereocenters. The summed E-state index contributed by atoms with van der Waals surface area (Å²) in [6.45, 7) is 8.94. The Balaban J connectivity index is 2.16. The maximum Gasteiger partial charge on any atom is 0.239 e. The average molecular weight is 316 g/mol. The summed E-state index contributed by atoms with van der Waals surface area (Å²) in [6, 6.07) is 4.03. The Hall–Kier alpha value is -2.30. The first-order valence-corrected chi connectivity index (χ1v) is 7.98. The first-order chi connectivity index (χ1) is 11.0. The zero-order valence-electron chi connectivity index (χ0n) is 14.2. The third-order valence-corrected chi connectivity index (χ3v) is 4.13. The third-order valence-electron chi connectivity index (χ3n) is 4.13. The number of hydrogen-bond acceptors (Lipinski definition) is 3. The molecule has 0 aliphatic heterocycles. The fourth-order valence-electron chi connectivity index (χ4n) is 2.60. The van der Waals surface area contributed by atoms with Crippen LogP contribution in [0.5, 0.6) is 0 Å². The smallest absolute Gasteiger partial charge is 0.239 e. The SMILES string of the molecule is CCNC(=O)CN(CC)C(=O)Cc1coc2c(C)c(C)ccc12. The van der Waals surface area contributed by atoms with Crippen LogP contribution < -0.4 is 5.32 Å². The summed E-state index contributed by atoms with van der Waals surface area (Å²) in [7, 11) is 0. The van der Waals surface area contributed by atoms with Gasteiger partial charge in [-0.05, 0) is 38.8 Å². The molecule has 2 amide bonds. The Bertz CT molecular complexity index is 718. The molecule has 1 aromatic heterocycles. The van der Waals surface area contributed by atoms with E-state index in [1.807, 2.05) is 39.8 Å². The lowest BCUT2D eigenvalue weighted by Gasteiger charge is -2.20. The van der Waals surface area contributed by atoms with Gasteiger partial charge in [0, 0.05) is 24.0 Å². The molecule has 0 saturated heterocycles. The van der Waals surface area contributed by atoms with Crippen molar-refractivity contribution in [2.24, 2.45) is 0 Å². The van der Waals surface area contributed by atoms with E-state index in [4.69, 9.17) is 4.42 Å². The molecule has 23 heavy (non-hydrogen) atoms. The van der Waals surface area contributed by atoms with Crippen molar-refractivity contribution in [3.05, 3.63) is 35.1 Å². The highest BCUT2D eigenvalue weighted by Gasteiger charge is 2.18. The van der Waals surface area contributed by atoms with Crippen LogP contribution in [0, 0.1) is 13.8 Å². The van der Waals surface area contributed by atoms with Crippen LogP contribution in [0.1, 0.15) is 30.5 Å². The van der Waals surface area contributed by atoms with Gasteiger partial charge in [-0.15, -0.1) is 0 Å². The summed E-state index contributed by atoms with van der Waals surface area (Å²) in [5.41, 5.74) is 3.95. The number of fused-ring (bicyclic) bond motifs is 1. The second kappa shape index (κ2) is 7.31. The molecule has 0 fully saturated rings. The lowest BCUT2D eigenvalue weighted by atomic mass is 10.0. The second-order valence-corrected chi connectivity index (χ2v) is 5.68. The van der Waals surface area contributed by atoms with E-state index >= 15 is 0 Å². The van der Waals surface area contributed by atoms with Crippen molar-refractivity contribution in [3.8, 4) is 0 Å². The molecule has 5 heteroatoms. The number of likely N-dealkylation sites (N-methyl/N-ethyl adjacent to an activating group) is 2. The van der Waals surface area contributed by atoms with Gasteiger partial charge < -0.3 is 14.6 Å². The highest BCUT2D eigenvalue weighted by molar-refractivity contribution is 5.91. The number of hydrogen-bond donors (Lipinski definition) is 1. The van der Waals surface area contributed by atoms with E-state index in [2.05, 4.69) is 5.32 Å². The lowest BCUT2D eigenvalue weighted by Crippen LogP contribution is -2.41. The second-order valence-electron chi connectivity index (χ2n) is 5.68. The average Bonchev–Trinajstić information content (AvgIpc) is 2.92. The minimum absolute atomic E-state index is 0.0697. The van der Waals surface area contributed by atoms with Gasteiger partial charge in [-0.2, -0.15) is 0 Å². The van der Waals surface area contributed by atoms with E-state index in [9.17, 15) is 9.59 Å². The van der Waals surface area contributed by atoms with Crippen LogP contribution in [0.3, 0.4) is 0 Å². The monoisotopic (exact) mass is 316 g/mol. The maximum absolute atomic E-state index is 12.5. The van der Waals surface area contributed by atoms with Crippen molar-refractivity contribution >= 4 is 22.8 Å². The highest BCUT2D eigenvalue weighted by Crippen LogP contribution is 2.27. The third kappa shape index (κ3) is 3.73. The van der Waals surface area contributed by atoms with E-state index in [0.29, 0.717) is 13.1 Å². The molecule has 0 radical (unpaired) electrons. The molecule has 1 heterocycles. The van der Waals surface area contributed by atoms with Gasteiger partial charge in [-0.3, -0.25) is 9.59 Å². The summed E-state index contributed by atoms with van der Waals surface area (Å²) in [4.78, 5) is 25.7. The minimum atomic E-state index is -0.133. The van der Waals surface area contributed by atoms with Gasteiger partial charge in [0.05, 0.1) is 19.2 Å². The summed E-state index contributed by atoms with van der Waals surface area (Å²) in [6.07, 6.45) is 1.89. The van der Waals surface area contributed by atoms with Crippen molar-refractivity contribution < 1.29 is 14.0 Å². The minimum Gasteiger partial charge on any atom is -0.464 e. The number of rotatable bonds is 6. The number of nitrogens with one attached hydrogen (secondary N) is 1. The Labute approximate surface area is 136 Å². The molecule has 2 rings (SSSR count). The fourth-order valence-corrected chi connectivity index (χ4v) is 2.60. The molecular weight excluding hydrogens is 292 g/mol. The lowest BCUT2D eigenvalue weighted by molar-refractivity contribution is -0.135. The van der Waals surface area contributed by atoms with Crippen LogP contribution in [-0.2, 0) is 16.0 Å². The van der Waals surface area contributed by atoms with Gasteiger partial charge >= 0.3 is 0 Å². The van der Waals surface area contributed by atoms with Crippen molar-refractivity contribution in [3.63, 3.8) is 0 Å². The maximum atomic E-state index is 12.5. The van der Waals surface area contributed by atoms with E-state index in [0.717, 1.165) is 27.7 Å². The predicted octanol–water partition coefficient (Wildman–Crippen LogP) is 2.58. The van der Waals surface area contributed by atoms with E-state index < -0.39 is 0 Å². The molecule has 0 bridgehead atoms. The molecule has 1 N–H and O–H groups in total. The van der Waals surface area contributed by atoms with Gasteiger partial charge in [0.25, 0.3) is 0 Å². The molecule has 1 aromatic carbocycles. The Morgan fingerprint density at radius 2 is 1.96 bits per heavy atom. The molecule has 0 aliphatic rings. The van der Waals surface area contributed by atoms with Crippen LogP contribution in [0.4, 0.5) is 0 Å². The van der Waals surface area contributed by atoms with Crippen molar-refractivity contribution in [2.75, 3.05) is 19.6 Å². The van der Waals surface area contributed by atoms with Crippen LogP contribution in [0.25, 0.3) is 11.0 Å². The van der Waals surface area contributed by atoms with Crippen molar-refractivity contribution in [2.45, 2.75) is 34.1 Å². The van der Waals surface area contributed by atoms with Crippen LogP contribution in [-0.4, -0.2) is 36.3 Å².